The lowest BCUT2D eigenvalue weighted by Crippen LogP contribution is -2.40. The molecule has 1 amide bonds. The van der Waals surface area contributed by atoms with Gasteiger partial charge in [0.15, 0.2) is 17.3 Å². The lowest BCUT2D eigenvalue weighted by Gasteiger charge is -2.37. The summed E-state index contributed by atoms with van der Waals surface area (Å²) >= 11 is 0. The van der Waals surface area contributed by atoms with Gasteiger partial charge in [0.1, 0.15) is 17.3 Å². The highest BCUT2D eigenvalue weighted by Gasteiger charge is 2.44. The third kappa shape index (κ3) is 4.16. The van der Waals surface area contributed by atoms with E-state index in [0.717, 1.165) is 17.7 Å². The molecular formula is C30H24F2N2O4. The number of carbonyl (C=O) groups excluding carboxylic acids is 2. The summed E-state index contributed by atoms with van der Waals surface area (Å²) in [4.78, 5) is 32.1. The molecule has 192 valence electrons. The second kappa shape index (κ2) is 9.52. The average molecular weight is 515 g/mol. The van der Waals surface area contributed by atoms with Crippen molar-refractivity contribution in [2.45, 2.75) is 31.6 Å². The van der Waals surface area contributed by atoms with E-state index in [9.17, 15) is 18.4 Å². The van der Waals surface area contributed by atoms with E-state index in [2.05, 4.69) is 5.32 Å². The normalized spacial score (nSPS) is 22.1. The van der Waals surface area contributed by atoms with Crippen LogP contribution >= 0.6 is 0 Å². The highest BCUT2D eigenvalue weighted by Crippen LogP contribution is 2.48. The molecule has 3 aromatic carbocycles. The first-order valence-corrected chi connectivity index (χ1v) is 12.4. The van der Waals surface area contributed by atoms with Crippen LogP contribution in [0.4, 0.5) is 14.5 Å². The lowest BCUT2D eigenvalue weighted by atomic mass is 9.69. The fraction of sp³-hybridized carbons (Fsp3) is 0.233. The second-order valence-electron chi connectivity index (χ2n) is 9.71. The van der Waals surface area contributed by atoms with E-state index in [1.165, 1.54) is 6.07 Å². The van der Waals surface area contributed by atoms with Gasteiger partial charge in [-0.3, -0.25) is 14.6 Å². The molecule has 1 unspecified atom stereocenters. The average Bonchev–Trinajstić information content (AvgIpc) is 3.38. The minimum atomic E-state index is -0.967. The quantitative estimate of drug-likeness (QED) is 0.470. The Morgan fingerprint density at radius 2 is 1.66 bits per heavy atom. The van der Waals surface area contributed by atoms with Crippen LogP contribution in [0.3, 0.4) is 0 Å². The van der Waals surface area contributed by atoms with Gasteiger partial charge >= 0.3 is 0 Å². The Balaban J connectivity index is 1.44. The van der Waals surface area contributed by atoms with Crippen molar-refractivity contribution in [3.63, 3.8) is 0 Å². The minimum absolute atomic E-state index is 0.0331. The van der Waals surface area contributed by atoms with Crippen molar-refractivity contribution in [3.05, 3.63) is 101 Å². The standard InChI is InChI=1S/C30H24F2N2O4/c1-16-26(30(36)34-29-20(31)8-5-9-21(29)32)27(18-10-11-24-25(14-18)38-15-37-24)28-22(33-16)12-19(13-23(28)35)17-6-3-2-4-7-17/h2-11,14,19,26-27H,12-13,15H2,1H3,(H,34,36)/t19-,26?,27-/m1/s1. The third-order valence-electron chi connectivity index (χ3n) is 7.41. The van der Waals surface area contributed by atoms with Gasteiger partial charge in [0.05, 0.1) is 5.92 Å². The smallest absolute Gasteiger partial charge is 0.234 e. The van der Waals surface area contributed by atoms with Crippen molar-refractivity contribution in [1.82, 2.24) is 0 Å². The summed E-state index contributed by atoms with van der Waals surface area (Å²) in [6.45, 7) is 1.79. The van der Waals surface area contributed by atoms with E-state index in [1.54, 1.807) is 25.1 Å². The number of ether oxygens (including phenoxy) is 2. The number of hydrogen-bond donors (Lipinski definition) is 1. The van der Waals surface area contributed by atoms with Crippen LogP contribution in [0.2, 0.25) is 0 Å². The lowest BCUT2D eigenvalue weighted by molar-refractivity contribution is -0.119. The number of ketones is 1. The maximum Gasteiger partial charge on any atom is 0.234 e. The number of nitrogens with zero attached hydrogens (tertiary/aromatic N) is 1. The summed E-state index contributed by atoms with van der Waals surface area (Å²) in [7, 11) is 0. The van der Waals surface area contributed by atoms with Crippen LogP contribution in [-0.4, -0.2) is 24.2 Å². The van der Waals surface area contributed by atoms with Crippen molar-refractivity contribution in [3.8, 4) is 11.5 Å². The number of benzene rings is 3. The van der Waals surface area contributed by atoms with Crippen molar-refractivity contribution in [1.29, 1.82) is 0 Å². The number of halogens is 2. The predicted octanol–water partition coefficient (Wildman–Crippen LogP) is 5.91. The molecule has 3 aliphatic rings. The maximum atomic E-state index is 14.4. The van der Waals surface area contributed by atoms with Gasteiger partial charge in [-0.15, -0.1) is 0 Å². The Kier molecular flexibility index (Phi) is 6.02. The van der Waals surface area contributed by atoms with Gasteiger partial charge in [0.2, 0.25) is 12.7 Å². The Morgan fingerprint density at radius 3 is 2.42 bits per heavy atom. The molecule has 38 heavy (non-hydrogen) atoms. The molecule has 6 rings (SSSR count). The van der Waals surface area contributed by atoms with Crippen molar-refractivity contribution in [2.24, 2.45) is 10.9 Å². The number of hydrogen-bond acceptors (Lipinski definition) is 5. The molecule has 6 nitrogen and oxygen atoms in total. The highest BCUT2D eigenvalue weighted by molar-refractivity contribution is 6.13. The zero-order valence-corrected chi connectivity index (χ0v) is 20.5. The molecule has 1 aliphatic carbocycles. The fourth-order valence-corrected chi connectivity index (χ4v) is 5.65. The number of anilines is 1. The number of nitrogens with one attached hydrogen (secondary N) is 1. The van der Waals surface area contributed by atoms with Crippen LogP contribution < -0.4 is 14.8 Å². The molecule has 0 saturated carbocycles. The van der Waals surface area contributed by atoms with Gasteiger partial charge in [-0.05, 0) is 54.7 Å². The molecule has 2 aliphatic heterocycles. The first-order chi connectivity index (χ1) is 18.4. The van der Waals surface area contributed by atoms with Crippen molar-refractivity contribution >= 4 is 23.1 Å². The summed E-state index contributed by atoms with van der Waals surface area (Å²) in [6, 6.07) is 18.5. The number of amides is 1. The fourth-order valence-electron chi connectivity index (χ4n) is 5.65. The monoisotopic (exact) mass is 514 g/mol. The highest BCUT2D eigenvalue weighted by atomic mass is 19.1. The molecule has 0 aromatic heterocycles. The number of para-hydroxylation sites is 1. The number of aliphatic imine (C=N–C) groups is 1. The molecule has 1 N–H and O–H groups in total. The molecule has 0 bridgehead atoms. The van der Waals surface area contributed by atoms with Crippen LogP contribution in [0.15, 0.2) is 83.0 Å². The van der Waals surface area contributed by atoms with E-state index in [0.29, 0.717) is 40.5 Å². The van der Waals surface area contributed by atoms with Gasteiger partial charge in [0, 0.05) is 29.3 Å². The van der Waals surface area contributed by atoms with Gasteiger partial charge in [-0.2, -0.15) is 0 Å². The Hall–Kier alpha value is -4.33. The first-order valence-electron chi connectivity index (χ1n) is 12.4. The topological polar surface area (TPSA) is 77.0 Å². The SMILES string of the molecule is CC1=NC2=C(C(=O)C[C@H](c3ccccc3)C2)[C@H](c2ccc3c(c2)OCO3)C1C(=O)Nc1c(F)cccc1F. The third-order valence-corrected chi connectivity index (χ3v) is 7.41. The van der Waals surface area contributed by atoms with E-state index < -0.39 is 35.1 Å². The zero-order valence-electron chi connectivity index (χ0n) is 20.5. The Morgan fingerprint density at radius 1 is 0.921 bits per heavy atom. The van der Waals surface area contributed by atoms with Crippen LogP contribution in [0.5, 0.6) is 11.5 Å². The number of fused-ring (bicyclic) bond motifs is 1. The Labute approximate surface area is 218 Å². The Bertz CT molecular complexity index is 1500. The summed E-state index contributed by atoms with van der Waals surface area (Å²) in [5.41, 5.74) is 2.73. The number of rotatable bonds is 4. The van der Waals surface area contributed by atoms with Crippen LogP contribution in [0, 0.1) is 17.6 Å². The van der Waals surface area contributed by atoms with Crippen LogP contribution in [0.25, 0.3) is 0 Å². The molecular weight excluding hydrogens is 490 g/mol. The molecule has 0 spiro atoms. The van der Waals surface area contributed by atoms with Gasteiger partial charge in [-0.1, -0.05) is 42.5 Å². The molecule has 3 aromatic rings. The predicted molar refractivity (Wildman–Crippen MR) is 137 cm³/mol. The van der Waals surface area contributed by atoms with Gasteiger partial charge in [-0.25, -0.2) is 8.78 Å². The molecule has 0 saturated heterocycles. The largest absolute Gasteiger partial charge is 0.454 e. The van der Waals surface area contributed by atoms with E-state index in [4.69, 9.17) is 14.5 Å². The van der Waals surface area contributed by atoms with E-state index in [-0.39, 0.29) is 24.9 Å². The number of allylic oxidation sites excluding steroid dienone is 2. The minimum Gasteiger partial charge on any atom is -0.454 e. The second-order valence-corrected chi connectivity index (χ2v) is 9.71. The molecule has 0 radical (unpaired) electrons. The van der Waals surface area contributed by atoms with E-state index in [1.807, 2.05) is 30.3 Å². The summed E-state index contributed by atoms with van der Waals surface area (Å²) < 4.78 is 39.8. The van der Waals surface area contributed by atoms with Crippen LogP contribution in [-0.2, 0) is 9.59 Å². The summed E-state index contributed by atoms with van der Waals surface area (Å²) in [6.07, 6.45) is 0.814. The first kappa shape index (κ1) is 24.0. The molecule has 8 heteroatoms. The molecule has 2 heterocycles. The molecule has 3 atom stereocenters. The van der Waals surface area contributed by atoms with Crippen molar-refractivity contribution < 1.29 is 27.8 Å². The van der Waals surface area contributed by atoms with Crippen LogP contribution in [0.1, 0.15) is 42.7 Å². The van der Waals surface area contributed by atoms with E-state index >= 15 is 0 Å². The number of Topliss-reactive ketones (excluding diaryl/α,β-unsaturated/α-hetero) is 1. The summed E-state index contributed by atoms with van der Waals surface area (Å²) in [5.74, 6) is -3.16. The van der Waals surface area contributed by atoms with Gasteiger partial charge < -0.3 is 14.8 Å². The number of carbonyl (C=O) groups is 2. The van der Waals surface area contributed by atoms with Gasteiger partial charge in [0.25, 0.3) is 0 Å². The molecule has 0 fully saturated rings. The zero-order chi connectivity index (χ0) is 26.4. The van der Waals surface area contributed by atoms with Crippen molar-refractivity contribution in [2.75, 3.05) is 12.1 Å². The summed E-state index contributed by atoms with van der Waals surface area (Å²) in [5, 5.41) is 2.42. The maximum absolute atomic E-state index is 14.4.